The van der Waals surface area contributed by atoms with Crippen LogP contribution in [0.25, 0.3) is 11.3 Å². The summed E-state index contributed by atoms with van der Waals surface area (Å²) in [6.45, 7) is 17.9. The van der Waals surface area contributed by atoms with Crippen LogP contribution in [-0.4, -0.2) is 68.8 Å². The minimum atomic E-state index is -1.10. The number of halogens is 1. The van der Waals surface area contributed by atoms with Crippen LogP contribution in [0.3, 0.4) is 0 Å². The van der Waals surface area contributed by atoms with E-state index in [4.69, 9.17) is 21.6 Å². The van der Waals surface area contributed by atoms with Crippen molar-refractivity contribution in [3.05, 3.63) is 82.4 Å². The number of amidine groups is 1. The Kier molecular flexibility index (Phi) is 8.82. The maximum atomic E-state index is 12.5. The molecule has 1 aromatic heterocycles. The maximum absolute atomic E-state index is 12.5. The molecule has 1 amide bonds. The normalized spacial score (nSPS) is 19.3. The molecular formula is C34H40ClN5O2S. The average molecular weight is 618 g/mol. The summed E-state index contributed by atoms with van der Waals surface area (Å²) >= 11 is 7.03. The molecule has 3 heterocycles. The Bertz CT molecular complexity index is 1650. The van der Waals surface area contributed by atoms with Gasteiger partial charge in [-0.1, -0.05) is 56.3 Å². The Morgan fingerprint density at radius 1 is 1.07 bits per heavy atom. The number of aliphatic imine (C=N–C) groups is 1. The number of rotatable bonds is 5. The first-order valence-electron chi connectivity index (χ1n) is 14.7. The highest BCUT2D eigenvalue weighted by atomic mass is 35.5. The third kappa shape index (κ3) is 5.75. The van der Waals surface area contributed by atoms with Crippen LogP contribution >= 0.6 is 11.6 Å². The molecule has 3 aromatic rings. The fourth-order valence-corrected chi connectivity index (χ4v) is 7.07. The van der Waals surface area contributed by atoms with Crippen LogP contribution in [0, 0.1) is 13.8 Å². The Hall–Kier alpha value is -3.49. The van der Waals surface area contributed by atoms with Gasteiger partial charge in [0.15, 0.2) is 0 Å². The number of carbonyl (C=O) groups is 1. The first kappa shape index (κ1) is 31.0. The molecule has 2 aliphatic rings. The van der Waals surface area contributed by atoms with E-state index in [0.29, 0.717) is 24.8 Å². The summed E-state index contributed by atoms with van der Waals surface area (Å²) in [4.78, 5) is 30.1. The van der Waals surface area contributed by atoms with Crippen LogP contribution < -0.4 is 4.90 Å². The number of pyridine rings is 1. The number of benzene rings is 2. The van der Waals surface area contributed by atoms with Gasteiger partial charge in [-0.3, -0.25) is 9.00 Å². The highest BCUT2D eigenvalue weighted by molar-refractivity contribution is 7.84. The van der Waals surface area contributed by atoms with E-state index in [2.05, 4.69) is 70.1 Å². The zero-order valence-electron chi connectivity index (χ0n) is 26.0. The fraction of sp³-hybridized carbons (Fsp3) is 0.382. The molecule has 9 heteroatoms. The Morgan fingerprint density at radius 3 is 2.44 bits per heavy atom. The van der Waals surface area contributed by atoms with Gasteiger partial charge in [0.2, 0.25) is 5.91 Å². The lowest BCUT2D eigenvalue weighted by molar-refractivity contribution is -0.130. The molecule has 1 saturated heterocycles. The summed E-state index contributed by atoms with van der Waals surface area (Å²) in [5, 5.41) is 0.557. The average Bonchev–Trinajstić information content (AvgIpc) is 2.97. The smallest absolute Gasteiger partial charge is 0.246 e. The van der Waals surface area contributed by atoms with E-state index in [1.54, 1.807) is 6.26 Å². The van der Waals surface area contributed by atoms with Crippen molar-refractivity contribution in [1.82, 2.24) is 14.8 Å². The molecule has 7 nitrogen and oxygen atoms in total. The highest BCUT2D eigenvalue weighted by Crippen LogP contribution is 2.42. The second-order valence-corrected chi connectivity index (χ2v) is 13.7. The Labute approximate surface area is 262 Å². The second-order valence-electron chi connectivity index (χ2n) is 11.9. The molecule has 226 valence electrons. The highest BCUT2D eigenvalue weighted by Gasteiger charge is 2.37. The zero-order chi connectivity index (χ0) is 31.2. The van der Waals surface area contributed by atoms with Crippen molar-refractivity contribution < 1.29 is 9.00 Å². The van der Waals surface area contributed by atoms with E-state index in [1.807, 2.05) is 35.2 Å². The first-order valence-corrected chi connectivity index (χ1v) is 16.6. The minimum absolute atomic E-state index is 0.0159. The molecule has 1 fully saturated rings. The maximum Gasteiger partial charge on any atom is 0.246 e. The van der Waals surface area contributed by atoms with Gasteiger partial charge in [-0.2, -0.15) is 0 Å². The van der Waals surface area contributed by atoms with Crippen LogP contribution in [0.5, 0.6) is 0 Å². The molecule has 0 radical (unpaired) electrons. The summed E-state index contributed by atoms with van der Waals surface area (Å²) in [5.41, 5.74) is 6.80. The number of hydrogen-bond donors (Lipinski definition) is 0. The first-order chi connectivity index (χ1) is 20.4. The molecule has 2 aliphatic heterocycles. The molecule has 5 rings (SSSR count). The van der Waals surface area contributed by atoms with Crippen molar-refractivity contribution in [2.24, 2.45) is 4.99 Å². The quantitative estimate of drug-likeness (QED) is 0.293. The molecule has 1 unspecified atom stereocenters. The van der Waals surface area contributed by atoms with Gasteiger partial charge in [0.1, 0.15) is 18.3 Å². The lowest BCUT2D eigenvalue weighted by Crippen LogP contribution is -2.59. The van der Waals surface area contributed by atoms with E-state index in [-0.39, 0.29) is 23.9 Å². The van der Waals surface area contributed by atoms with Crippen molar-refractivity contribution in [3.63, 3.8) is 0 Å². The summed E-state index contributed by atoms with van der Waals surface area (Å²) in [6.07, 6.45) is 3.10. The van der Waals surface area contributed by atoms with Crippen LogP contribution in [0.15, 0.2) is 65.0 Å². The van der Waals surface area contributed by atoms with E-state index < -0.39 is 10.8 Å². The number of fused-ring (bicyclic) bond motifs is 1. The SMILES string of the molecule is C=CC(=O)N1C[C@H](C)N(C2=NCN(c3c(C)cc(S(C)=O)cc3C(C)C)c3nc(-c4ccccc4C)c(Cl)cc32)C[C@H]1C. The van der Waals surface area contributed by atoms with Gasteiger partial charge >= 0.3 is 0 Å². The lowest BCUT2D eigenvalue weighted by Gasteiger charge is -2.46. The van der Waals surface area contributed by atoms with E-state index in [9.17, 15) is 9.00 Å². The van der Waals surface area contributed by atoms with Crippen molar-refractivity contribution in [3.8, 4) is 11.3 Å². The summed E-state index contributed by atoms with van der Waals surface area (Å²) in [7, 11) is -1.10. The van der Waals surface area contributed by atoms with Crippen molar-refractivity contribution in [2.45, 2.75) is 64.4 Å². The van der Waals surface area contributed by atoms with Crippen LogP contribution in [0.2, 0.25) is 5.02 Å². The summed E-state index contributed by atoms with van der Waals surface area (Å²) in [5.74, 6) is 1.74. The molecule has 43 heavy (non-hydrogen) atoms. The molecular weight excluding hydrogens is 578 g/mol. The van der Waals surface area contributed by atoms with Crippen molar-refractivity contribution in [1.29, 1.82) is 0 Å². The second kappa shape index (κ2) is 12.2. The van der Waals surface area contributed by atoms with Crippen LogP contribution in [-0.2, 0) is 15.6 Å². The van der Waals surface area contributed by atoms with Gasteiger partial charge in [-0.25, -0.2) is 9.98 Å². The summed E-state index contributed by atoms with van der Waals surface area (Å²) in [6, 6.07) is 14.2. The molecule has 0 saturated carbocycles. The predicted octanol–water partition coefficient (Wildman–Crippen LogP) is 6.84. The zero-order valence-corrected chi connectivity index (χ0v) is 27.6. The lowest BCUT2D eigenvalue weighted by atomic mass is 9.96. The number of amides is 1. The fourth-order valence-electron chi connectivity index (χ4n) is 6.18. The molecule has 0 bridgehead atoms. The number of carbonyl (C=O) groups excluding carboxylic acids is 1. The van der Waals surface area contributed by atoms with Gasteiger partial charge in [0.25, 0.3) is 0 Å². The number of nitrogens with zero attached hydrogens (tertiary/aromatic N) is 5. The molecule has 3 atom stereocenters. The molecule has 2 aromatic carbocycles. The number of anilines is 2. The molecule has 0 aliphatic carbocycles. The van der Waals surface area contributed by atoms with Crippen LogP contribution in [0.1, 0.15) is 55.9 Å². The summed E-state index contributed by atoms with van der Waals surface area (Å²) < 4.78 is 12.5. The van der Waals surface area contributed by atoms with Crippen molar-refractivity contribution in [2.75, 3.05) is 30.9 Å². The Balaban J connectivity index is 1.70. The number of aromatic nitrogens is 1. The third-order valence-electron chi connectivity index (χ3n) is 8.46. The third-order valence-corrected chi connectivity index (χ3v) is 9.65. The number of hydrogen-bond acceptors (Lipinski definition) is 6. The van der Waals surface area contributed by atoms with Gasteiger partial charge in [-0.15, -0.1) is 0 Å². The van der Waals surface area contributed by atoms with E-state index in [0.717, 1.165) is 55.7 Å². The number of aryl methyl sites for hydroxylation is 2. The molecule has 0 spiro atoms. The van der Waals surface area contributed by atoms with Gasteiger partial charge < -0.3 is 14.7 Å². The standard InChI is InChI=1S/C34H40ClN5O2S/c1-9-30(41)38-17-24(7)39(18-23(38)6)33-28-16-29(35)31(26-13-11-10-12-21(26)4)37-34(28)40(19-36-33)32-22(5)14-25(43(8)42)15-27(32)20(2)3/h9-16,20,23-24H,1,17-19H2,2-8H3/t23-,24+,43?/m1/s1. The monoisotopic (exact) mass is 617 g/mol. The van der Waals surface area contributed by atoms with E-state index in [1.165, 1.54) is 6.08 Å². The molecule has 0 N–H and O–H groups in total. The Morgan fingerprint density at radius 2 is 1.79 bits per heavy atom. The van der Waals surface area contributed by atoms with Gasteiger partial charge in [0, 0.05) is 52.7 Å². The van der Waals surface area contributed by atoms with E-state index >= 15 is 0 Å². The van der Waals surface area contributed by atoms with Gasteiger partial charge in [-0.05, 0) is 74.6 Å². The largest absolute Gasteiger partial charge is 0.350 e. The van der Waals surface area contributed by atoms with Gasteiger partial charge in [0.05, 0.1) is 22.0 Å². The van der Waals surface area contributed by atoms with Crippen molar-refractivity contribution >= 4 is 45.6 Å². The minimum Gasteiger partial charge on any atom is -0.350 e. The predicted molar refractivity (Wildman–Crippen MR) is 178 cm³/mol. The number of piperazine rings is 1. The topological polar surface area (TPSA) is 69.1 Å². The van der Waals surface area contributed by atoms with Crippen LogP contribution in [0.4, 0.5) is 11.5 Å².